The predicted octanol–water partition coefficient (Wildman–Crippen LogP) is 2.58. The van der Waals surface area contributed by atoms with E-state index in [-0.39, 0.29) is 24.4 Å². The number of hydrogen-bond acceptors (Lipinski definition) is 2. The van der Waals surface area contributed by atoms with Crippen molar-refractivity contribution in [3.63, 3.8) is 0 Å². The van der Waals surface area contributed by atoms with Gasteiger partial charge in [-0.1, -0.05) is 24.3 Å². The van der Waals surface area contributed by atoms with E-state index in [1.54, 1.807) is 29.2 Å². The summed E-state index contributed by atoms with van der Waals surface area (Å²) in [6.07, 6.45) is 1.72. The number of aliphatic hydroxyl groups is 1. The van der Waals surface area contributed by atoms with Gasteiger partial charge in [0.1, 0.15) is 5.82 Å². The average molecular weight is 273 g/mol. The fourth-order valence-corrected chi connectivity index (χ4v) is 2.90. The van der Waals surface area contributed by atoms with Crippen molar-refractivity contribution in [1.82, 2.24) is 4.90 Å². The molecular formula is C16H16FNO2. The third-order valence-electron chi connectivity index (χ3n) is 3.95. The quantitative estimate of drug-likeness (QED) is 0.913. The Bertz CT molecular complexity index is 656. The molecule has 1 amide bonds. The zero-order valence-electron chi connectivity index (χ0n) is 11.1. The molecule has 20 heavy (non-hydrogen) atoms. The summed E-state index contributed by atoms with van der Waals surface area (Å²) in [6, 6.07) is 9.74. The first-order chi connectivity index (χ1) is 9.72. The molecule has 1 fully saturated rings. The van der Waals surface area contributed by atoms with E-state index in [1.165, 1.54) is 12.1 Å². The molecule has 3 nitrogen and oxygen atoms in total. The summed E-state index contributed by atoms with van der Waals surface area (Å²) >= 11 is 0. The van der Waals surface area contributed by atoms with E-state index in [0.717, 1.165) is 12.8 Å². The normalized spacial score (nSPS) is 18.7. The van der Waals surface area contributed by atoms with Crippen LogP contribution in [0.3, 0.4) is 0 Å². The monoisotopic (exact) mass is 273 g/mol. The van der Waals surface area contributed by atoms with Gasteiger partial charge in [0, 0.05) is 17.5 Å². The Balaban J connectivity index is 2.06. The summed E-state index contributed by atoms with van der Waals surface area (Å²) in [5.74, 6) is -0.449. The topological polar surface area (TPSA) is 40.5 Å². The predicted molar refractivity (Wildman–Crippen MR) is 75.1 cm³/mol. The minimum atomic E-state index is -0.322. The van der Waals surface area contributed by atoms with Gasteiger partial charge < -0.3 is 10.0 Å². The number of benzene rings is 2. The highest BCUT2D eigenvalue weighted by molar-refractivity contribution is 6.07. The molecular weight excluding hydrogens is 257 g/mol. The second-order valence-corrected chi connectivity index (χ2v) is 5.12. The van der Waals surface area contributed by atoms with Crippen LogP contribution in [-0.2, 0) is 0 Å². The molecule has 1 aliphatic heterocycles. The fourth-order valence-electron chi connectivity index (χ4n) is 2.90. The third kappa shape index (κ3) is 2.06. The Morgan fingerprint density at radius 1 is 1.25 bits per heavy atom. The van der Waals surface area contributed by atoms with Crippen LogP contribution in [0.5, 0.6) is 0 Å². The van der Waals surface area contributed by atoms with Crippen LogP contribution in [0.25, 0.3) is 10.8 Å². The highest BCUT2D eigenvalue weighted by atomic mass is 19.1. The van der Waals surface area contributed by atoms with Gasteiger partial charge in [0.25, 0.3) is 5.91 Å². The zero-order chi connectivity index (χ0) is 14.1. The maximum atomic E-state index is 13.8. The van der Waals surface area contributed by atoms with E-state index >= 15 is 0 Å². The molecule has 0 bridgehead atoms. The Labute approximate surface area is 116 Å². The van der Waals surface area contributed by atoms with E-state index in [2.05, 4.69) is 0 Å². The molecule has 2 aromatic rings. The second-order valence-electron chi connectivity index (χ2n) is 5.12. The first kappa shape index (κ1) is 13.1. The molecule has 104 valence electrons. The zero-order valence-corrected chi connectivity index (χ0v) is 11.1. The Morgan fingerprint density at radius 3 is 2.75 bits per heavy atom. The van der Waals surface area contributed by atoms with E-state index in [4.69, 9.17) is 0 Å². The molecule has 2 aromatic carbocycles. The average Bonchev–Trinajstić information content (AvgIpc) is 2.96. The fraction of sp³-hybridized carbons (Fsp3) is 0.312. The summed E-state index contributed by atoms with van der Waals surface area (Å²) in [6.45, 7) is 0.626. The number of fused-ring (bicyclic) bond motifs is 1. The molecule has 1 heterocycles. The molecule has 0 unspecified atom stereocenters. The number of aliphatic hydroxyl groups excluding tert-OH is 1. The van der Waals surface area contributed by atoms with Crippen LogP contribution in [0.2, 0.25) is 0 Å². The lowest BCUT2D eigenvalue weighted by Gasteiger charge is -2.23. The van der Waals surface area contributed by atoms with Crippen molar-refractivity contribution >= 4 is 16.7 Å². The number of nitrogens with zero attached hydrogens (tertiary/aromatic N) is 1. The van der Waals surface area contributed by atoms with E-state index in [1.807, 2.05) is 0 Å². The van der Waals surface area contributed by atoms with Crippen molar-refractivity contribution in [3.8, 4) is 0 Å². The molecule has 1 atom stereocenters. The number of carbonyl (C=O) groups is 1. The molecule has 1 N–H and O–H groups in total. The summed E-state index contributed by atoms with van der Waals surface area (Å²) in [5, 5.41) is 10.4. The van der Waals surface area contributed by atoms with Gasteiger partial charge in [0.2, 0.25) is 0 Å². The summed E-state index contributed by atoms with van der Waals surface area (Å²) in [5.41, 5.74) is 0.502. The highest BCUT2D eigenvalue weighted by Crippen LogP contribution is 2.26. The van der Waals surface area contributed by atoms with Crippen LogP contribution in [0, 0.1) is 5.82 Å². The Morgan fingerprint density at radius 2 is 2.00 bits per heavy atom. The lowest BCUT2D eigenvalue weighted by Crippen LogP contribution is -2.37. The van der Waals surface area contributed by atoms with E-state index in [0.29, 0.717) is 22.9 Å². The highest BCUT2D eigenvalue weighted by Gasteiger charge is 2.29. The number of amides is 1. The van der Waals surface area contributed by atoms with Crippen LogP contribution in [-0.4, -0.2) is 35.1 Å². The molecule has 0 aliphatic carbocycles. The molecule has 0 radical (unpaired) electrons. The minimum absolute atomic E-state index is 0.0229. The van der Waals surface area contributed by atoms with Gasteiger partial charge in [-0.2, -0.15) is 0 Å². The van der Waals surface area contributed by atoms with Crippen molar-refractivity contribution in [3.05, 3.63) is 47.8 Å². The van der Waals surface area contributed by atoms with E-state index in [9.17, 15) is 14.3 Å². The van der Waals surface area contributed by atoms with Crippen LogP contribution in [0.15, 0.2) is 36.4 Å². The van der Waals surface area contributed by atoms with Gasteiger partial charge in [-0.25, -0.2) is 4.39 Å². The number of carbonyl (C=O) groups excluding carboxylic acids is 1. The van der Waals surface area contributed by atoms with Gasteiger partial charge in [0.05, 0.1) is 12.6 Å². The van der Waals surface area contributed by atoms with Gasteiger partial charge in [-0.05, 0) is 30.4 Å². The lowest BCUT2D eigenvalue weighted by molar-refractivity contribution is 0.0679. The maximum absolute atomic E-state index is 13.8. The first-order valence-corrected chi connectivity index (χ1v) is 6.81. The smallest absolute Gasteiger partial charge is 0.254 e. The standard InChI is InChI=1S/C16H16FNO2/c17-15-8-7-14(12-5-1-2-6-13(12)15)16(20)18-9-3-4-11(18)10-19/h1-2,5-8,11,19H,3-4,9-10H2/t11-/m1/s1. The summed E-state index contributed by atoms with van der Waals surface area (Å²) < 4.78 is 13.8. The molecule has 4 heteroatoms. The first-order valence-electron chi connectivity index (χ1n) is 6.81. The second kappa shape index (κ2) is 5.21. The number of rotatable bonds is 2. The van der Waals surface area contributed by atoms with E-state index < -0.39 is 0 Å². The van der Waals surface area contributed by atoms with Gasteiger partial charge in [-0.15, -0.1) is 0 Å². The Kier molecular flexibility index (Phi) is 3.40. The van der Waals surface area contributed by atoms with Crippen molar-refractivity contribution in [2.45, 2.75) is 18.9 Å². The summed E-state index contributed by atoms with van der Waals surface area (Å²) in [4.78, 5) is 14.3. The largest absolute Gasteiger partial charge is 0.394 e. The van der Waals surface area contributed by atoms with Crippen molar-refractivity contribution in [2.75, 3.05) is 13.2 Å². The number of hydrogen-bond donors (Lipinski definition) is 1. The van der Waals surface area contributed by atoms with Crippen LogP contribution >= 0.6 is 0 Å². The molecule has 0 aromatic heterocycles. The maximum Gasteiger partial charge on any atom is 0.254 e. The van der Waals surface area contributed by atoms with Gasteiger partial charge >= 0.3 is 0 Å². The molecule has 1 aliphatic rings. The van der Waals surface area contributed by atoms with Crippen LogP contribution < -0.4 is 0 Å². The molecule has 1 saturated heterocycles. The van der Waals surface area contributed by atoms with Crippen molar-refractivity contribution < 1.29 is 14.3 Å². The van der Waals surface area contributed by atoms with Crippen molar-refractivity contribution in [1.29, 1.82) is 0 Å². The Hall–Kier alpha value is -1.94. The molecule has 0 spiro atoms. The summed E-state index contributed by atoms with van der Waals surface area (Å²) in [7, 11) is 0. The lowest BCUT2D eigenvalue weighted by atomic mass is 10.0. The van der Waals surface area contributed by atoms with Crippen molar-refractivity contribution in [2.24, 2.45) is 0 Å². The van der Waals surface area contributed by atoms with Gasteiger partial charge in [0.15, 0.2) is 0 Å². The minimum Gasteiger partial charge on any atom is -0.394 e. The molecule has 3 rings (SSSR count). The number of halogens is 1. The van der Waals surface area contributed by atoms with Crippen LogP contribution in [0.1, 0.15) is 23.2 Å². The molecule has 0 saturated carbocycles. The third-order valence-corrected chi connectivity index (χ3v) is 3.95. The number of likely N-dealkylation sites (tertiary alicyclic amines) is 1. The SMILES string of the molecule is O=C(c1ccc(F)c2ccccc12)N1CCC[C@@H]1CO. The van der Waals surface area contributed by atoms with Crippen LogP contribution in [0.4, 0.5) is 4.39 Å². The van der Waals surface area contributed by atoms with Gasteiger partial charge in [-0.3, -0.25) is 4.79 Å².